The molecule has 1 fully saturated rings. The minimum Gasteiger partial charge on any atom is -0.466 e. The van der Waals surface area contributed by atoms with Crippen molar-refractivity contribution in [1.29, 1.82) is 0 Å². The fourth-order valence-corrected chi connectivity index (χ4v) is 5.36. The predicted molar refractivity (Wildman–Crippen MR) is 156 cm³/mol. The molecule has 1 aliphatic heterocycles. The molecule has 2 aromatic carbocycles. The molecule has 5 aromatic rings. The number of carbonyl (C=O) groups excluding carboxylic acids is 2. The smallest absolute Gasteiger partial charge is 0.311 e. The van der Waals surface area contributed by atoms with Crippen LogP contribution >= 0.6 is 0 Å². The Kier molecular flexibility index (Phi) is 7.10. The first-order chi connectivity index (χ1) is 19.9. The molecule has 0 amide bonds. The van der Waals surface area contributed by atoms with E-state index < -0.39 is 11.9 Å². The third-order valence-corrected chi connectivity index (χ3v) is 7.31. The van der Waals surface area contributed by atoms with Gasteiger partial charge >= 0.3 is 11.9 Å². The number of aromatic nitrogens is 4. The average molecular weight is 555 g/mol. The molecule has 1 aliphatic rings. The van der Waals surface area contributed by atoms with Gasteiger partial charge in [0, 0.05) is 53.9 Å². The molecule has 41 heavy (non-hydrogen) atoms. The molecule has 11 nitrogen and oxygen atoms in total. The van der Waals surface area contributed by atoms with E-state index in [2.05, 4.69) is 37.5 Å². The van der Waals surface area contributed by atoms with E-state index in [1.165, 1.54) is 0 Å². The van der Waals surface area contributed by atoms with Crippen LogP contribution < -0.4 is 20.5 Å². The van der Waals surface area contributed by atoms with Gasteiger partial charge in [0.1, 0.15) is 5.75 Å². The van der Waals surface area contributed by atoms with Gasteiger partial charge in [0.15, 0.2) is 5.65 Å². The maximum atomic E-state index is 13.7. The number of anilines is 1. The fourth-order valence-electron chi connectivity index (χ4n) is 5.36. The van der Waals surface area contributed by atoms with Gasteiger partial charge in [-0.25, -0.2) is 4.98 Å². The maximum Gasteiger partial charge on any atom is 0.311 e. The quantitative estimate of drug-likeness (QED) is 0.156. The highest BCUT2D eigenvalue weighted by Gasteiger charge is 2.21. The van der Waals surface area contributed by atoms with E-state index in [1.54, 1.807) is 31.2 Å². The van der Waals surface area contributed by atoms with E-state index in [0.717, 1.165) is 59.2 Å². The summed E-state index contributed by atoms with van der Waals surface area (Å²) in [5, 5.41) is 13.8. The van der Waals surface area contributed by atoms with Gasteiger partial charge < -0.3 is 24.7 Å². The molecule has 0 saturated carbocycles. The van der Waals surface area contributed by atoms with Crippen molar-refractivity contribution in [3.05, 3.63) is 58.5 Å². The number of hydrogen-bond acceptors (Lipinski definition) is 9. The third kappa shape index (κ3) is 5.11. The summed E-state index contributed by atoms with van der Waals surface area (Å²) in [5.41, 5.74) is 4.06. The topological polar surface area (TPSA) is 142 Å². The number of piperazine rings is 1. The summed E-state index contributed by atoms with van der Waals surface area (Å²) in [6.45, 7) is 7.53. The highest BCUT2D eigenvalue weighted by molar-refractivity contribution is 6.21. The molecule has 0 aliphatic carbocycles. The number of H-pyrrole nitrogens is 2. The molecule has 0 bridgehead atoms. The molecule has 11 heteroatoms. The molecule has 210 valence electrons. The normalized spacial score (nSPS) is 13.7. The Bertz CT molecular complexity index is 1840. The van der Waals surface area contributed by atoms with Crippen molar-refractivity contribution in [2.75, 3.05) is 37.7 Å². The Hall–Kier alpha value is -4.77. The van der Waals surface area contributed by atoms with Gasteiger partial charge in [0.2, 0.25) is 0 Å². The summed E-state index contributed by atoms with van der Waals surface area (Å²) in [7, 11) is 0. The standard InChI is InChI=1S/C30H30N6O5/c1-3-40-23(37)10-11-24(38)41-20-7-4-18(5-8-20)28-27-26(25-17(2)34-35-29(25)33-28)21-9-6-19(16-22(21)32-30(27)39)36-14-12-31-13-15-36/h4-9,16,31H,3,10-15H2,1-2H3,(H,32,39)(H,33,34,35). The molecular formula is C30H30N6O5. The Balaban J connectivity index is 1.40. The van der Waals surface area contributed by atoms with Gasteiger partial charge in [-0.15, -0.1) is 0 Å². The summed E-state index contributed by atoms with van der Waals surface area (Å²) >= 11 is 0. The number of hydrogen-bond donors (Lipinski definition) is 3. The summed E-state index contributed by atoms with van der Waals surface area (Å²) < 4.78 is 10.2. The number of esters is 2. The number of rotatable bonds is 7. The highest BCUT2D eigenvalue weighted by atomic mass is 16.5. The van der Waals surface area contributed by atoms with Gasteiger partial charge in [0.25, 0.3) is 5.56 Å². The predicted octanol–water partition coefficient (Wildman–Crippen LogP) is 3.59. The Morgan fingerprint density at radius 2 is 1.73 bits per heavy atom. The van der Waals surface area contributed by atoms with Crippen molar-refractivity contribution in [2.24, 2.45) is 0 Å². The number of fused-ring (bicyclic) bond motifs is 5. The SMILES string of the molecule is CCOC(=O)CCC(=O)Oc1ccc(-c2nc3n[nH]c(C)c3c3c2c(=O)[nH]c2cc(N4CCNCC4)ccc23)cc1. The van der Waals surface area contributed by atoms with Gasteiger partial charge in [-0.2, -0.15) is 5.10 Å². The molecule has 0 radical (unpaired) electrons. The molecule has 0 atom stereocenters. The molecule has 3 N–H and O–H groups in total. The van der Waals surface area contributed by atoms with Crippen LogP contribution in [-0.4, -0.2) is 64.9 Å². The van der Waals surface area contributed by atoms with Crippen molar-refractivity contribution < 1.29 is 19.1 Å². The molecule has 0 unspecified atom stereocenters. The van der Waals surface area contributed by atoms with E-state index in [-0.39, 0.29) is 25.0 Å². The van der Waals surface area contributed by atoms with Crippen molar-refractivity contribution in [3.8, 4) is 17.0 Å². The zero-order chi connectivity index (χ0) is 28.5. The fraction of sp³-hybridized carbons (Fsp3) is 0.300. The number of nitrogens with zero attached hydrogens (tertiary/aromatic N) is 3. The second kappa shape index (κ2) is 11.0. The van der Waals surface area contributed by atoms with Crippen LogP contribution in [0.5, 0.6) is 5.75 Å². The summed E-state index contributed by atoms with van der Waals surface area (Å²) in [4.78, 5) is 47.6. The Labute approximate surface area is 234 Å². The summed E-state index contributed by atoms with van der Waals surface area (Å²) in [6, 6.07) is 13.0. The number of pyridine rings is 2. The molecule has 0 spiro atoms. The van der Waals surface area contributed by atoms with Crippen molar-refractivity contribution in [1.82, 2.24) is 25.5 Å². The van der Waals surface area contributed by atoms with Crippen LogP contribution in [0.25, 0.3) is 44.0 Å². The second-order valence-electron chi connectivity index (χ2n) is 9.98. The van der Waals surface area contributed by atoms with E-state index in [0.29, 0.717) is 28.0 Å². The first-order valence-electron chi connectivity index (χ1n) is 13.7. The number of carbonyl (C=O) groups is 2. The van der Waals surface area contributed by atoms with Crippen molar-refractivity contribution in [3.63, 3.8) is 0 Å². The van der Waals surface area contributed by atoms with Crippen LogP contribution in [0.15, 0.2) is 47.3 Å². The van der Waals surface area contributed by atoms with Crippen LogP contribution in [0, 0.1) is 6.92 Å². The zero-order valence-electron chi connectivity index (χ0n) is 22.9. The molecule has 4 heterocycles. The van der Waals surface area contributed by atoms with Crippen LogP contribution in [0.1, 0.15) is 25.5 Å². The van der Waals surface area contributed by atoms with Gasteiger partial charge in [-0.1, -0.05) is 6.07 Å². The van der Waals surface area contributed by atoms with Crippen LogP contribution in [0.4, 0.5) is 5.69 Å². The number of aryl methyl sites for hydroxylation is 1. The molecule has 1 saturated heterocycles. The zero-order valence-corrected chi connectivity index (χ0v) is 22.9. The lowest BCUT2D eigenvalue weighted by Gasteiger charge is -2.29. The summed E-state index contributed by atoms with van der Waals surface area (Å²) in [5.74, 6) is -0.659. The maximum absolute atomic E-state index is 13.7. The lowest BCUT2D eigenvalue weighted by Crippen LogP contribution is -2.43. The second-order valence-corrected chi connectivity index (χ2v) is 9.98. The van der Waals surface area contributed by atoms with Gasteiger partial charge in [-0.3, -0.25) is 19.5 Å². The Morgan fingerprint density at radius 1 is 0.976 bits per heavy atom. The summed E-state index contributed by atoms with van der Waals surface area (Å²) in [6.07, 6.45) is -0.127. The lowest BCUT2D eigenvalue weighted by atomic mass is 9.98. The van der Waals surface area contributed by atoms with E-state index >= 15 is 0 Å². The lowest BCUT2D eigenvalue weighted by molar-refractivity contribution is -0.146. The number of aromatic amines is 2. The third-order valence-electron chi connectivity index (χ3n) is 7.31. The van der Waals surface area contributed by atoms with Crippen LogP contribution in [-0.2, 0) is 14.3 Å². The average Bonchev–Trinajstić information content (AvgIpc) is 3.36. The van der Waals surface area contributed by atoms with Crippen molar-refractivity contribution in [2.45, 2.75) is 26.7 Å². The highest BCUT2D eigenvalue weighted by Crippen LogP contribution is 2.36. The van der Waals surface area contributed by atoms with E-state index in [9.17, 15) is 14.4 Å². The minimum absolute atomic E-state index is 0.0444. The number of ether oxygens (including phenoxy) is 2. The van der Waals surface area contributed by atoms with Crippen LogP contribution in [0.3, 0.4) is 0 Å². The monoisotopic (exact) mass is 554 g/mol. The largest absolute Gasteiger partial charge is 0.466 e. The first kappa shape index (κ1) is 26.5. The van der Waals surface area contributed by atoms with Crippen molar-refractivity contribution >= 4 is 50.3 Å². The number of benzene rings is 2. The van der Waals surface area contributed by atoms with Crippen LogP contribution in [0.2, 0.25) is 0 Å². The molecule has 3 aromatic heterocycles. The number of nitrogens with one attached hydrogen (secondary N) is 3. The van der Waals surface area contributed by atoms with Gasteiger partial charge in [-0.05, 0) is 50.2 Å². The first-order valence-corrected chi connectivity index (χ1v) is 13.7. The molecular weight excluding hydrogens is 524 g/mol. The van der Waals surface area contributed by atoms with Gasteiger partial charge in [0.05, 0.1) is 41.4 Å². The van der Waals surface area contributed by atoms with E-state index in [1.807, 2.05) is 13.0 Å². The minimum atomic E-state index is -0.536. The molecule has 6 rings (SSSR count). The van der Waals surface area contributed by atoms with E-state index in [4.69, 9.17) is 14.5 Å². The Morgan fingerprint density at radius 3 is 2.49 bits per heavy atom.